The van der Waals surface area contributed by atoms with Crippen molar-refractivity contribution in [1.82, 2.24) is 0 Å². The molecule has 0 bridgehead atoms. The molecular weight excluding hydrogens is 170 g/mol. The molecule has 1 rings (SSSR count). The molecule has 0 unspecified atom stereocenters. The van der Waals surface area contributed by atoms with Crippen LogP contribution in [0.25, 0.3) is 0 Å². The van der Waals surface area contributed by atoms with Gasteiger partial charge in [-0.2, -0.15) is 0 Å². The molecule has 0 aromatic rings. The molecule has 2 N–H and O–H groups in total. The van der Waals surface area contributed by atoms with E-state index in [-0.39, 0.29) is 12.4 Å². The van der Waals surface area contributed by atoms with Crippen LogP contribution < -0.4 is 5.73 Å². The van der Waals surface area contributed by atoms with Crippen molar-refractivity contribution in [1.29, 1.82) is 0 Å². The summed E-state index contributed by atoms with van der Waals surface area (Å²) in [5, 5.41) is 0. The van der Waals surface area contributed by atoms with Crippen molar-refractivity contribution in [3.8, 4) is 0 Å². The smallest absolute Gasteiger partial charge is 0.0144 e. The van der Waals surface area contributed by atoms with E-state index in [2.05, 4.69) is 20.8 Å². The van der Waals surface area contributed by atoms with E-state index in [1.54, 1.807) is 0 Å². The number of hydrogen-bond donors (Lipinski definition) is 1. The van der Waals surface area contributed by atoms with Gasteiger partial charge in [0.1, 0.15) is 0 Å². The van der Waals surface area contributed by atoms with Crippen LogP contribution >= 0.6 is 12.4 Å². The summed E-state index contributed by atoms with van der Waals surface area (Å²) in [4.78, 5) is 0. The molecular formula is C10H20ClN. The van der Waals surface area contributed by atoms with E-state index in [1.165, 1.54) is 30.4 Å². The average Bonchev–Trinajstić information content (AvgIpc) is 1.86. The van der Waals surface area contributed by atoms with Crippen LogP contribution in [0, 0.1) is 5.41 Å². The van der Waals surface area contributed by atoms with Crippen molar-refractivity contribution >= 4 is 12.4 Å². The highest BCUT2D eigenvalue weighted by atomic mass is 35.5. The molecule has 0 spiro atoms. The Hall–Kier alpha value is -0.0100. The van der Waals surface area contributed by atoms with Gasteiger partial charge in [0.25, 0.3) is 0 Å². The molecule has 0 saturated carbocycles. The topological polar surface area (TPSA) is 26.0 Å². The highest BCUT2D eigenvalue weighted by molar-refractivity contribution is 5.85. The van der Waals surface area contributed by atoms with Gasteiger partial charge < -0.3 is 5.73 Å². The normalized spacial score (nSPS) is 22.0. The van der Waals surface area contributed by atoms with Crippen LogP contribution in [-0.2, 0) is 0 Å². The van der Waals surface area contributed by atoms with Crippen LogP contribution in [0.5, 0.6) is 0 Å². The van der Waals surface area contributed by atoms with Crippen molar-refractivity contribution in [3.05, 3.63) is 11.1 Å². The third-order valence-electron chi connectivity index (χ3n) is 2.89. The van der Waals surface area contributed by atoms with Crippen LogP contribution in [0.3, 0.4) is 0 Å². The Balaban J connectivity index is 0.00000121. The largest absolute Gasteiger partial charge is 0.327 e. The molecule has 0 saturated heterocycles. The lowest BCUT2D eigenvalue weighted by atomic mass is 9.73. The summed E-state index contributed by atoms with van der Waals surface area (Å²) in [6.07, 6.45) is 3.90. The summed E-state index contributed by atoms with van der Waals surface area (Å²) in [7, 11) is 0. The van der Waals surface area contributed by atoms with Gasteiger partial charge in [0.05, 0.1) is 0 Å². The Morgan fingerprint density at radius 1 is 1.42 bits per heavy atom. The van der Waals surface area contributed by atoms with Gasteiger partial charge in [-0.25, -0.2) is 0 Å². The van der Waals surface area contributed by atoms with Crippen LogP contribution in [0.2, 0.25) is 0 Å². The minimum Gasteiger partial charge on any atom is -0.327 e. The quantitative estimate of drug-likeness (QED) is 0.631. The maximum Gasteiger partial charge on any atom is 0.0144 e. The van der Waals surface area contributed by atoms with Crippen LogP contribution in [0.1, 0.15) is 40.0 Å². The first-order valence-corrected chi connectivity index (χ1v) is 4.47. The van der Waals surface area contributed by atoms with Crippen molar-refractivity contribution in [2.45, 2.75) is 40.0 Å². The first-order chi connectivity index (χ1) is 5.08. The lowest BCUT2D eigenvalue weighted by molar-refractivity contribution is 0.362. The molecule has 0 aliphatic heterocycles. The molecule has 72 valence electrons. The molecule has 1 aliphatic carbocycles. The highest BCUT2D eigenvalue weighted by Gasteiger charge is 2.26. The minimum absolute atomic E-state index is 0. The van der Waals surface area contributed by atoms with Gasteiger partial charge in [-0.1, -0.05) is 25.0 Å². The number of allylic oxidation sites excluding steroid dienone is 1. The molecule has 0 heterocycles. The number of hydrogen-bond acceptors (Lipinski definition) is 1. The molecule has 0 amide bonds. The van der Waals surface area contributed by atoms with E-state index >= 15 is 0 Å². The third-order valence-corrected chi connectivity index (χ3v) is 2.89. The lowest BCUT2D eigenvalue weighted by Crippen LogP contribution is -2.25. The predicted octanol–water partition coefficient (Wildman–Crippen LogP) is 2.89. The zero-order valence-corrected chi connectivity index (χ0v) is 9.13. The second kappa shape index (κ2) is 4.29. The van der Waals surface area contributed by atoms with Gasteiger partial charge >= 0.3 is 0 Å². The molecule has 0 radical (unpaired) electrons. The van der Waals surface area contributed by atoms with Gasteiger partial charge in [0.2, 0.25) is 0 Å². The van der Waals surface area contributed by atoms with E-state index in [0.717, 1.165) is 6.54 Å². The zero-order chi connectivity index (χ0) is 8.48. The van der Waals surface area contributed by atoms with Crippen LogP contribution in [0.4, 0.5) is 0 Å². The molecule has 1 aliphatic rings. The van der Waals surface area contributed by atoms with Gasteiger partial charge in [0, 0.05) is 6.54 Å². The second-order valence-corrected chi connectivity index (χ2v) is 4.20. The second-order valence-electron chi connectivity index (χ2n) is 4.20. The van der Waals surface area contributed by atoms with Gasteiger partial charge in [-0.05, 0) is 31.6 Å². The molecule has 0 aromatic heterocycles. The molecule has 0 aromatic carbocycles. The molecule has 0 fully saturated rings. The molecule has 1 nitrogen and oxygen atoms in total. The standard InChI is InChI=1S/C10H19N.ClH/c1-8-5-4-6-10(2,3)9(8)7-11;/h4-7,11H2,1-3H3;1H. The van der Waals surface area contributed by atoms with Crippen molar-refractivity contribution < 1.29 is 0 Å². The van der Waals surface area contributed by atoms with E-state index < -0.39 is 0 Å². The van der Waals surface area contributed by atoms with E-state index in [1.807, 2.05) is 0 Å². The van der Waals surface area contributed by atoms with Crippen molar-refractivity contribution in [2.75, 3.05) is 6.54 Å². The SMILES string of the molecule is CC1=C(CN)C(C)(C)CCC1.Cl. The number of rotatable bonds is 1. The Labute approximate surface area is 81.8 Å². The maximum atomic E-state index is 5.71. The monoisotopic (exact) mass is 189 g/mol. The third kappa shape index (κ3) is 2.24. The number of nitrogens with two attached hydrogens (primary N) is 1. The summed E-state index contributed by atoms with van der Waals surface area (Å²) in [5.41, 5.74) is 9.10. The number of halogens is 1. The first-order valence-electron chi connectivity index (χ1n) is 4.47. The average molecular weight is 190 g/mol. The minimum atomic E-state index is 0. The van der Waals surface area contributed by atoms with Crippen LogP contribution in [0.15, 0.2) is 11.1 Å². The van der Waals surface area contributed by atoms with Gasteiger partial charge in [-0.3, -0.25) is 0 Å². The predicted molar refractivity (Wildman–Crippen MR) is 56.6 cm³/mol. The van der Waals surface area contributed by atoms with E-state index in [9.17, 15) is 0 Å². The highest BCUT2D eigenvalue weighted by Crippen LogP contribution is 2.39. The Morgan fingerprint density at radius 3 is 2.33 bits per heavy atom. The lowest BCUT2D eigenvalue weighted by Gasteiger charge is -2.33. The van der Waals surface area contributed by atoms with E-state index in [4.69, 9.17) is 5.73 Å². The first kappa shape index (κ1) is 12.0. The summed E-state index contributed by atoms with van der Waals surface area (Å²) < 4.78 is 0. The fraction of sp³-hybridized carbons (Fsp3) is 0.800. The fourth-order valence-electron chi connectivity index (χ4n) is 2.13. The fourth-order valence-corrected chi connectivity index (χ4v) is 2.13. The maximum absolute atomic E-state index is 5.71. The molecule has 12 heavy (non-hydrogen) atoms. The summed E-state index contributed by atoms with van der Waals surface area (Å²) in [6.45, 7) is 7.58. The Bertz CT molecular complexity index is 182. The molecule has 2 heteroatoms. The summed E-state index contributed by atoms with van der Waals surface area (Å²) in [5.74, 6) is 0. The Kier molecular flexibility index (Phi) is 4.29. The zero-order valence-electron chi connectivity index (χ0n) is 8.31. The van der Waals surface area contributed by atoms with Gasteiger partial charge in [-0.15, -0.1) is 12.4 Å². The molecule has 0 atom stereocenters. The Morgan fingerprint density at radius 2 is 2.00 bits per heavy atom. The van der Waals surface area contributed by atoms with Gasteiger partial charge in [0.15, 0.2) is 0 Å². The van der Waals surface area contributed by atoms with Crippen molar-refractivity contribution in [3.63, 3.8) is 0 Å². The summed E-state index contributed by atoms with van der Waals surface area (Å²) in [6, 6.07) is 0. The van der Waals surface area contributed by atoms with Crippen molar-refractivity contribution in [2.24, 2.45) is 11.1 Å². The van der Waals surface area contributed by atoms with E-state index in [0.29, 0.717) is 5.41 Å². The van der Waals surface area contributed by atoms with Crippen LogP contribution in [-0.4, -0.2) is 6.54 Å². The summed E-state index contributed by atoms with van der Waals surface area (Å²) >= 11 is 0.